The predicted molar refractivity (Wildman–Crippen MR) is 114 cm³/mol. The maximum Gasteiger partial charge on any atom is 0.475 e. The number of nitro benzene ring substituents is 1. The molecular formula is C18H10F10N2O5S3. The van der Waals surface area contributed by atoms with Gasteiger partial charge in [0.25, 0.3) is 5.69 Å². The van der Waals surface area contributed by atoms with E-state index in [2.05, 4.69) is 0 Å². The highest BCUT2D eigenvalue weighted by molar-refractivity contribution is 8.00. The van der Waals surface area contributed by atoms with E-state index in [1.807, 2.05) is 5.32 Å². The van der Waals surface area contributed by atoms with E-state index < -0.39 is 98.9 Å². The average Bonchev–Trinajstić information content (AvgIpc) is 2.77. The number of hydrogen-bond acceptors (Lipinski definition) is 6. The molecule has 210 valence electrons. The Morgan fingerprint density at radius 3 is 2.05 bits per heavy atom. The zero-order valence-corrected chi connectivity index (χ0v) is 20.2. The molecule has 0 fully saturated rings. The van der Waals surface area contributed by atoms with Crippen LogP contribution in [0.25, 0.3) is 0 Å². The molecule has 2 unspecified atom stereocenters. The van der Waals surface area contributed by atoms with Gasteiger partial charge in [0, 0.05) is 11.0 Å². The second-order valence-corrected chi connectivity index (χ2v) is 10.9. The minimum Gasteiger partial charge on any atom is -0.324 e. The van der Waals surface area contributed by atoms with Crippen molar-refractivity contribution in [3.05, 3.63) is 52.6 Å². The molecule has 0 aliphatic rings. The number of carbonyl (C=O) groups is 1. The van der Waals surface area contributed by atoms with Gasteiger partial charge in [0.1, 0.15) is 10.6 Å². The van der Waals surface area contributed by atoms with Crippen LogP contribution in [-0.4, -0.2) is 47.9 Å². The number of nitro groups is 1. The topological polar surface area (TPSA) is 106 Å². The fraction of sp³-hybridized carbons (Fsp3) is 0.278. The largest absolute Gasteiger partial charge is 0.475 e. The van der Waals surface area contributed by atoms with Crippen molar-refractivity contribution in [2.75, 3.05) is 11.1 Å². The summed E-state index contributed by atoms with van der Waals surface area (Å²) in [6.07, 6.45) is -6.62. The third-order valence-electron chi connectivity index (χ3n) is 4.18. The molecular weight excluding hydrogens is 610 g/mol. The molecule has 0 heterocycles. The fourth-order valence-electron chi connectivity index (χ4n) is 2.49. The molecule has 7 nitrogen and oxygen atoms in total. The first-order valence-electron chi connectivity index (χ1n) is 9.24. The highest BCUT2D eigenvalue weighted by Gasteiger charge is 2.73. The normalized spacial score (nSPS) is 14.6. The third kappa shape index (κ3) is 7.01. The van der Waals surface area contributed by atoms with Gasteiger partial charge in [-0.2, -0.15) is 43.9 Å². The molecule has 2 aromatic carbocycles. The number of halogens is 10. The first kappa shape index (κ1) is 31.5. The van der Waals surface area contributed by atoms with Gasteiger partial charge < -0.3 is 5.32 Å². The lowest BCUT2D eigenvalue weighted by Gasteiger charge is -2.28. The van der Waals surface area contributed by atoms with E-state index in [1.165, 1.54) is 0 Å². The van der Waals surface area contributed by atoms with E-state index in [0.717, 1.165) is 18.2 Å². The molecule has 0 aliphatic heterocycles. The number of thioether (sulfide) groups is 1. The minimum atomic E-state index is -6.62. The molecule has 0 saturated heterocycles. The van der Waals surface area contributed by atoms with Crippen LogP contribution < -0.4 is 5.32 Å². The summed E-state index contributed by atoms with van der Waals surface area (Å²) in [6.45, 7) is 0. The number of anilines is 1. The number of nitrogens with one attached hydrogen (secondary N) is 1. The molecule has 20 heteroatoms. The molecule has 0 radical (unpaired) electrons. The van der Waals surface area contributed by atoms with Gasteiger partial charge in [-0.25, -0.2) is 4.21 Å². The van der Waals surface area contributed by atoms with Crippen LogP contribution in [0.2, 0.25) is 0 Å². The predicted octanol–water partition coefficient (Wildman–Crippen LogP) is 5.85. The second-order valence-electron chi connectivity index (χ2n) is 6.83. The number of alkyl halides is 10. The summed E-state index contributed by atoms with van der Waals surface area (Å²) in [4.78, 5) is 19.4. The van der Waals surface area contributed by atoms with Gasteiger partial charge in [0.2, 0.25) is 5.91 Å². The lowest BCUT2D eigenvalue weighted by Crippen LogP contribution is -2.49. The summed E-state index contributed by atoms with van der Waals surface area (Å²) in [5.74, 6) is -9.00. The number of para-hydroxylation sites is 1. The maximum atomic E-state index is 13.8. The van der Waals surface area contributed by atoms with Crippen LogP contribution in [0.5, 0.6) is 0 Å². The molecule has 1 amide bonds. The molecule has 38 heavy (non-hydrogen) atoms. The average molecular weight is 620 g/mol. The van der Waals surface area contributed by atoms with E-state index in [1.54, 1.807) is 0 Å². The van der Waals surface area contributed by atoms with Gasteiger partial charge in [0.05, 0.1) is 26.3 Å². The standard InChI is InChI=1S/C18H10F10N2O5S3/c19-15(20,16(21,22)23)17(24,25)36-12-4-2-1-3-10(12)29-14(31)8-37(34)13-6-5-9(7-11(13)30(32)33)38(35)18(26,27)28/h1-7H,8H2,(H,29,31). The van der Waals surface area contributed by atoms with Crippen molar-refractivity contribution in [2.24, 2.45) is 0 Å². The SMILES string of the molecule is O=C(CS(=O)c1ccc(S(=O)C(F)(F)F)cc1[N+](=O)[O-])Nc1ccccc1SC(F)(F)C(F)(F)C(F)(F)F. The van der Waals surface area contributed by atoms with Crippen LogP contribution in [0, 0.1) is 10.1 Å². The molecule has 0 spiro atoms. The van der Waals surface area contributed by atoms with Gasteiger partial charge in [0.15, 0.2) is 10.8 Å². The highest BCUT2D eigenvalue weighted by Crippen LogP contribution is 2.54. The van der Waals surface area contributed by atoms with E-state index in [9.17, 15) is 67.2 Å². The number of carbonyl (C=O) groups excluding carboxylic acids is 1. The Hall–Kier alpha value is -2.74. The maximum absolute atomic E-state index is 13.8. The van der Waals surface area contributed by atoms with Crippen molar-refractivity contribution in [1.82, 2.24) is 0 Å². The van der Waals surface area contributed by atoms with Crippen LogP contribution in [-0.2, 0) is 26.4 Å². The molecule has 2 rings (SSSR count). The Morgan fingerprint density at radius 1 is 0.947 bits per heavy atom. The quantitative estimate of drug-likeness (QED) is 0.163. The van der Waals surface area contributed by atoms with Gasteiger partial charge in [-0.15, -0.1) is 0 Å². The Balaban J connectivity index is 2.27. The summed E-state index contributed by atoms with van der Waals surface area (Å²) in [5, 5.41) is 7.35. The van der Waals surface area contributed by atoms with E-state index in [0.29, 0.717) is 18.2 Å². The van der Waals surface area contributed by atoms with Crippen molar-refractivity contribution in [3.8, 4) is 0 Å². The van der Waals surface area contributed by atoms with Crippen LogP contribution in [0.15, 0.2) is 57.2 Å². The lowest BCUT2D eigenvalue weighted by atomic mass is 10.3. The van der Waals surface area contributed by atoms with E-state index >= 15 is 0 Å². The zero-order chi connectivity index (χ0) is 29.3. The van der Waals surface area contributed by atoms with Crippen molar-refractivity contribution in [3.63, 3.8) is 0 Å². The first-order chi connectivity index (χ1) is 17.2. The van der Waals surface area contributed by atoms with Gasteiger partial charge in [-0.05, 0) is 36.0 Å². The molecule has 2 aromatic rings. The van der Waals surface area contributed by atoms with Crippen molar-refractivity contribution in [2.45, 2.75) is 37.5 Å². The number of rotatable bonds is 9. The Kier molecular flexibility index (Phi) is 9.25. The summed E-state index contributed by atoms with van der Waals surface area (Å²) in [6, 6.07) is 4.82. The number of nitrogens with zero attached hydrogens (tertiary/aromatic N) is 1. The Labute approximate surface area is 214 Å². The Morgan fingerprint density at radius 2 is 1.53 bits per heavy atom. The molecule has 2 atom stereocenters. The zero-order valence-electron chi connectivity index (χ0n) is 17.7. The second kappa shape index (κ2) is 11.2. The van der Waals surface area contributed by atoms with Crippen molar-refractivity contribution >= 4 is 50.6 Å². The first-order valence-corrected chi connectivity index (χ1v) is 12.5. The van der Waals surface area contributed by atoms with E-state index in [-0.39, 0.29) is 6.07 Å². The van der Waals surface area contributed by atoms with Gasteiger partial charge in [-0.3, -0.25) is 19.1 Å². The van der Waals surface area contributed by atoms with Crippen LogP contribution in [0.4, 0.5) is 55.3 Å². The number of amides is 1. The monoisotopic (exact) mass is 620 g/mol. The summed E-state index contributed by atoms with van der Waals surface area (Å²) >= 11 is -1.23. The number of benzene rings is 2. The fourth-order valence-corrected chi connectivity index (χ4v) is 5.12. The molecule has 0 bridgehead atoms. The van der Waals surface area contributed by atoms with Crippen LogP contribution in [0.1, 0.15) is 0 Å². The highest BCUT2D eigenvalue weighted by atomic mass is 32.2. The molecule has 0 saturated carbocycles. The van der Waals surface area contributed by atoms with Gasteiger partial charge >= 0.3 is 22.9 Å². The number of hydrogen-bond donors (Lipinski definition) is 1. The molecule has 1 N–H and O–H groups in total. The molecule has 0 aromatic heterocycles. The minimum absolute atomic E-state index is 0.226. The summed E-state index contributed by atoms with van der Waals surface area (Å²) < 4.78 is 153. The summed E-state index contributed by atoms with van der Waals surface area (Å²) in [5.41, 5.74) is -7.18. The summed E-state index contributed by atoms with van der Waals surface area (Å²) in [7, 11) is -6.35. The van der Waals surface area contributed by atoms with E-state index in [4.69, 9.17) is 0 Å². The third-order valence-corrected chi connectivity index (χ3v) is 7.73. The van der Waals surface area contributed by atoms with Crippen molar-refractivity contribution < 1.29 is 62.0 Å². The van der Waals surface area contributed by atoms with Crippen LogP contribution >= 0.6 is 11.8 Å². The van der Waals surface area contributed by atoms with Crippen molar-refractivity contribution in [1.29, 1.82) is 0 Å². The molecule has 0 aliphatic carbocycles. The van der Waals surface area contributed by atoms with Crippen LogP contribution in [0.3, 0.4) is 0 Å². The lowest BCUT2D eigenvalue weighted by molar-refractivity contribution is -0.388. The Bertz CT molecular complexity index is 1280. The smallest absolute Gasteiger partial charge is 0.324 e. The van der Waals surface area contributed by atoms with Gasteiger partial charge in [-0.1, -0.05) is 12.1 Å².